The van der Waals surface area contributed by atoms with Crippen LogP contribution in [0.15, 0.2) is 78.4 Å². The minimum Gasteiger partial charge on any atom is -0.393 e. The molecule has 1 heteroatoms. The molecule has 3 atom stereocenters. The molecule has 0 radical (unpaired) electrons. The Hall–Kier alpha value is -2.12. The van der Waals surface area contributed by atoms with Crippen molar-refractivity contribution in [1.29, 1.82) is 0 Å². The Morgan fingerprint density at radius 3 is 2.40 bits per heavy atom. The fourth-order valence-electron chi connectivity index (χ4n) is 6.07. The van der Waals surface area contributed by atoms with E-state index in [9.17, 15) is 5.11 Å². The highest BCUT2D eigenvalue weighted by molar-refractivity contribution is 5.79. The van der Waals surface area contributed by atoms with Crippen molar-refractivity contribution >= 4 is 5.57 Å². The number of hydrogen-bond donors (Lipinski definition) is 1. The van der Waals surface area contributed by atoms with Crippen LogP contribution in [0.25, 0.3) is 5.57 Å². The van der Waals surface area contributed by atoms with Crippen LogP contribution >= 0.6 is 0 Å². The van der Waals surface area contributed by atoms with Gasteiger partial charge in [0.2, 0.25) is 0 Å². The van der Waals surface area contributed by atoms with E-state index in [1.54, 1.807) is 5.57 Å². The Morgan fingerprint density at radius 2 is 1.70 bits per heavy atom. The van der Waals surface area contributed by atoms with Crippen LogP contribution in [0.2, 0.25) is 0 Å². The largest absolute Gasteiger partial charge is 0.393 e. The van der Waals surface area contributed by atoms with Crippen molar-refractivity contribution in [1.82, 2.24) is 0 Å². The zero-order valence-electron chi connectivity index (χ0n) is 18.4. The maximum Gasteiger partial charge on any atom is 0.0583 e. The van der Waals surface area contributed by atoms with Crippen molar-refractivity contribution in [3.05, 3.63) is 89.5 Å². The molecule has 0 bridgehead atoms. The van der Waals surface area contributed by atoms with Crippen LogP contribution in [-0.4, -0.2) is 11.2 Å². The predicted octanol–water partition coefficient (Wildman–Crippen LogP) is 7.37. The summed E-state index contributed by atoms with van der Waals surface area (Å²) < 4.78 is 0. The number of aliphatic hydroxyl groups excluding tert-OH is 1. The van der Waals surface area contributed by atoms with Crippen molar-refractivity contribution in [3.8, 4) is 0 Å². The Morgan fingerprint density at radius 1 is 1.00 bits per heavy atom. The first-order valence-electron chi connectivity index (χ1n) is 11.8. The van der Waals surface area contributed by atoms with E-state index in [1.807, 2.05) is 0 Å². The van der Waals surface area contributed by atoms with Crippen LogP contribution in [0.5, 0.6) is 0 Å². The van der Waals surface area contributed by atoms with Gasteiger partial charge in [0.05, 0.1) is 6.10 Å². The lowest BCUT2D eigenvalue weighted by atomic mass is 9.67. The molecule has 1 saturated carbocycles. The highest BCUT2D eigenvalue weighted by Crippen LogP contribution is 2.64. The summed E-state index contributed by atoms with van der Waals surface area (Å²) in [6.07, 6.45) is 9.91. The van der Waals surface area contributed by atoms with Crippen molar-refractivity contribution in [2.45, 2.75) is 70.8 Å². The van der Waals surface area contributed by atoms with E-state index >= 15 is 0 Å². The van der Waals surface area contributed by atoms with Crippen molar-refractivity contribution in [3.63, 3.8) is 0 Å². The number of rotatable bonds is 9. The summed E-state index contributed by atoms with van der Waals surface area (Å²) in [5.41, 5.74) is 6.95. The van der Waals surface area contributed by atoms with Gasteiger partial charge in [0.1, 0.15) is 0 Å². The molecular formula is C29H36O. The minimum absolute atomic E-state index is 0.0866. The quantitative estimate of drug-likeness (QED) is 0.344. The normalized spacial score (nSPS) is 25.5. The molecule has 158 valence electrons. The molecule has 4 rings (SSSR count). The molecule has 0 saturated heterocycles. The average molecular weight is 401 g/mol. The molecule has 0 aromatic heterocycles. The van der Waals surface area contributed by atoms with Crippen molar-refractivity contribution < 1.29 is 5.11 Å². The first-order chi connectivity index (χ1) is 14.7. The van der Waals surface area contributed by atoms with Crippen LogP contribution in [0.1, 0.15) is 69.4 Å². The van der Waals surface area contributed by atoms with E-state index < -0.39 is 0 Å². The van der Waals surface area contributed by atoms with Crippen molar-refractivity contribution in [2.24, 2.45) is 11.3 Å². The molecule has 0 amide bonds. The third-order valence-electron chi connectivity index (χ3n) is 7.48. The highest BCUT2D eigenvalue weighted by atomic mass is 16.3. The minimum atomic E-state index is -0.218. The molecule has 0 aliphatic heterocycles. The van der Waals surface area contributed by atoms with E-state index in [0.717, 1.165) is 32.1 Å². The van der Waals surface area contributed by atoms with Crippen LogP contribution in [0.3, 0.4) is 0 Å². The molecule has 2 aromatic rings. The van der Waals surface area contributed by atoms with E-state index in [4.69, 9.17) is 0 Å². The van der Waals surface area contributed by atoms with Gasteiger partial charge in [-0.1, -0.05) is 105 Å². The SMILES string of the molecule is C=C(Cc1ccccc1)[C@@]12CC[C@@H](O)[C@@H]1CC(CCCCCC)=C2c1ccccc1. The number of allylic oxidation sites excluding steroid dienone is 3. The first-order valence-corrected chi connectivity index (χ1v) is 11.8. The highest BCUT2D eigenvalue weighted by Gasteiger charge is 2.56. The summed E-state index contributed by atoms with van der Waals surface area (Å²) in [5.74, 6) is 0.282. The molecule has 2 aliphatic rings. The molecular weight excluding hydrogens is 364 g/mol. The van der Waals surface area contributed by atoms with Gasteiger partial charge in [0, 0.05) is 11.3 Å². The average Bonchev–Trinajstić information content (AvgIpc) is 3.28. The second-order valence-electron chi connectivity index (χ2n) is 9.31. The summed E-state index contributed by atoms with van der Waals surface area (Å²) in [7, 11) is 0. The Kier molecular flexibility index (Phi) is 6.58. The molecule has 2 aromatic carbocycles. The Labute approximate surface area is 182 Å². The van der Waals surface area contributed by atoms with E-state index in [1.165, 1.54) is 48.0 Å². The topological polar surface area (TPSA) is 20.2 Å². The second kappa shape index (κ2) is 9.35. The van der Waals surface area contributed by atoms with Crippen LogP contribution in [0, 0.1) is 11.3 Å². The van der Waals surface area contributed by atoms with Gasteiger partial charge in [0.15, 0.2) is 0 Å². The molecule has 0 heterocycles. The maximum absolute atomic E-state index is 11.0. The van der Waals surface area contributed by atoms with Gasteiger partial charge in [-0.3, -0.25) is 0 Å². The maximum atomic E-state index is 11.0. The molecule has 0 unspecified atom stereocenters. The number of fused-ring (bicyclic) bond motifs is 1. The third kappa shape index (κ3) is 3.93. The predicted molar refractivity (Wildman–Crippen MR) is 127 cm³/mol. The van der Waals surface area contributed by atoms with Gasteiger partial charge >= 0.3 is 0 Å². The zero-order valence-corrected chi connectivity index (χ0v) is 18.4. The summed E-state index contributed by atoms with van der Waals surface area (Å²) >= 11 is 0. The van der Waals surface area contributed by atoms with Crippen LogP contribution < -0.4 is 0 Å². The monoisotopic (exact) mass is 400 g/mol. The fourth-order valence-corrected chi connectivity index (χ4v) is 6.07. The Bertz CT molecular complexity index is 879. The van der Waals surface area contributed by atoms with Gasteiger partial charge in [-0.15, -0.1) is 0 Å². The lowest BCUT2D eigenvalue weighted by Crippen LogP contribution is -2.30. The molecule has 1 fully saturated rings. The smallest absolute Gasteiger partial charge is 0.0583 e. The number of aliphatic hydroxyl groups is 1. The molecule has 1 nitrogen and oxygen atoms in total. The third-order valence-corrected chi connectivity index (χ3v) is 7.48. The zero-order chi connectivity index (χ0) is 21.0. The molecule has 30 heavy (non-hydrogen) atoms. The summed E-state index contributed by atoms with van der Waals surface area (Å²) in [6.45, 7) is 6.95. The van der Waals surface area contributed by atoms with Crippen LogP contribution in [-0.2, 0) is 6.42 Å². The number of benzene rings is 2. The van der Waals surface area contributed by atoms with Crippen molar-refractivity contribution in [2.75, 3.05) is 0 Å². The lowest BCUT2D eigenvalue weighted by Gasteiger charge is -2.37. The fraction of sp³-hybridized carbons (Fsp3) is 0.448. The lowest BCUT2D eigenvalue weighted by molar-refractivity contribution is 0.115. The van der Waals surface area contributed by atoms with Gasteiger partial charge in [0.25, 0.3) is 0 Å². The molecule has 1 N–H and O–H groups in total. The van der Waals surface area contributed by atoms with E-state index in [2.05, 4.69) is 74.2 Å². The second-order valence-corrected chi connectivity index (χ2v) is 9.31. The molecule has 2 aliphatic carbocycles. The molecule has 0 spiro atoms. The number of unbranched alkanes of at least 4 members (excludes halogenated alkanes) is 3. The number of hydrogen-bond acceptors (Lipinski definition) is 1. The van der Waals surface area contributed by atoms with Gasteiger partial charge in [-0.05, 0) is 55.2 Å². The summed E-state index contributed by atoms with van der Waals surface area (Å²) in [5, 5.41) is 11.0. The summed E-state index contributed by atoms with van der Waals surface area (Å²) in [6, 6.07) is 21.7. The van der Waals surface area contributed by atoms with Gasteiger partial charge < -0.3 is 5.11 Å². The first kappa shape index (κ1) is 21.1. The van der Waals surface area contributed by atoms with Crippen LogP contribution in [0.4, 0.5) is 0 Å². The standard InChI is InChI=1S/C29H36O/c1-3-4-5-10-17-25-21-26-27(30)18-19-29(26,28(25)24-15-11-7-12-16-24)22(2)20-23-13-8-6-9-14-23/h6-9,11-16,26-27,30H,2-5,10,17-21H2,1H3/t26-,27+,29-/m0/s1. The Balaban J connectivity index is 1.73. The van der Waals surface area contributed by atoms with Gasteiger partial charge in [-0.2, -0.15) is 0 Å². The summed E-state index contributed by atoms with van der Waals surface area (Å²) in [4.78, 5) is 0. The van der Waals surface area contributed by atoms with Gasteiger partial charge in [-0.25, -0.2) is 0 Å². The van der Waals surface area contributed by atoms with E-state index in [0.29, 0.717) is 0 Å². The van der Waals surface area contributed by atoms with E-state index in [-0.39, 0.29) is 17.4 Å².